The highest BCUT2D eigenvalue weighted by atomic mass is 35.5. The third kappa shape index (κ3) is 3.46. The Bertz CT molecular complexity index is 717. The van der Waals surface area contributed by atoms with Crippen molar-refractivity contribution in [3.8, 4) is 0 Å². The maximum atomic E-state index is 12.6. The molecule has 23 heavy (non-hydrogen) atoms. The summed E-state index contributed by atoms with van der Waals surface area (Å²) in [5.41, 5.74) is 6.84. The van der Waals surface area contributed by atoms with Gasteiger partial charge in [0, 0.05) is 22.6 Å². The molecule has 0 bridgehead atoms. The molecule has 5 nitrogen and oxygen atoms in total. The molecule has 0 aliphatic heterocycles. The van der Waals surface area contributed by atoms with Crippen molar-refractivity contribution in [2.75, 3.05) is 17.9 Å². The Labute approximate surface area is 140 Å². The molecule has 2 aromatic rings. The molecule has 1 amide bonds. The monoisotopic (exact) mass is 331 g/mol. The molecule has 2 N–H and O–H groups in total. The molecule has 0 saturated carbocycles. The van der Waals surface area contributed by atoms with Crippen LogP contribution in [-0.2, 0) is 17.7 Å². The Kier molecular flexibility index (Phi) is 4.79. The maximum absolute atomic E-state index is 12.6. The number of benzene rings is 1. The summed E-state index contributed by atoms with van der Waals surface area (Å²) < 4.78 is 0. The third-order valence-electron chi connectivity index (χ3n) is 3.91. The number of carbonyl (C=O) groups excluding carboxylic acids is 1. The van der Waals surface area contributed by atoms with Crippen LogP contribution in [0.4, 0.5) is 11.4 Å². The molecule has 0 radical (unpaired) electrons. The minimum absolute atomic E-state index is 0.229. The zero-order chi connectivity index (χ0) is 16.2. The molecule has 1 heterocycles. The number of nitrogens with one attached hydrogen (secondary N) is 2. The van der Waals surface area contributed by atoms with Gasteiger partial charge in [0.1, 0.15) is 0 Å². The van der Waals surface area contributed by atoms with Gasteiger partial charge in [-0.1, -0.05) is 11.6 Å². The molecule has 0 atom stereocenters. The second-order valence-electron chi connectivity index (χ2n) is 5.45. The Morgan fingerprint density at radius 3 is 2.70 bits per heavy atom. The smallest absolute Gasteiger partial charge is 0.259 e. The molecule has 1 aromatic carbocycles. The summed E-state index contributed by atoms with van der Waals surface area (Å²) in [6.45, 7) is 0. The number of aryl methyl sites for hydroxylation is 1. The summed E-state index contributed by atoms with van der Waals surface area (Å²) in [5.74, 6) is -0.229. The number of pyridine rings is 1. The molecule has 6 heteroatoms. The number of rotatable bonds is 4. The van der Waals surface area contributed by atoms with Gasteiger partial charge < -0.3 is 5.32 Å². The molecular weight excluding hydrogens is 314 g/mol. The predicted octanol–water partition coefficient (Wildman–Crippen LogP) is 3.84. The highest BCUT2D eigenvalue weighted by Crippen LogP contribution is 2.30. The number of aromatic nitrogens is 1. The zero-order valence-electron chi connectivity index (χ0n) is 12.9. The van der Waals surface area contributed by atoms with Crippen LogP contribution in [0.3, 0.4) is 0 Å². The second kappa shape index (κ2) is 6.98. The highest BCUT2D eigenvalue weighted by molar-refractivity contribution is 6.30. The molecule has 1 aromatic heterocycles. The van der Waals surface area contributed by atoms with Gasteiger partial charge in [0.25, 0.3) is 5.91 Å². The van der Waals surface area contributed by atoms with E-state index in [0.717, 1.165) is 36.9 Å². The minimum atomic E-state index is -0.229. The molecule has 0 unspecified atom stereocenters. The topological polar surface area (TPSA) is 63.2 Å². The molecule has 1 aliphatic carbocycles. The second-order valence-corrected chi connectivity index (χ2v) is 5.88. The number of hydrogen-bond acceptors (Lipinski definition) is 4. The zero-order valence-corrected chi connectivity index (χ0v) is 13.6. The quantitative estimate of drug-likeness (QED) is 0.835. The summed E-state index contributed by atoms with van der Waals surface area (Å²) in [4.78, 5) is 22.1. The fourth-order valence-electron chi connectivity index (χ4n) is 2.79. The Balaban J connectivity index is 1.91. The van der Waals surface area contributed by atoms with Gasteiger partial charge in [0.2, 0.25) is 0 Å². The van der Waals surface area contributed by atoms with Gasteiger partial charge in [0.15, 0.2) is 0 Å². The van der Waals surface area contributed by atoms with E-state index in [9.17, 15) is 4.79 Å². The summed E-state index contributed by atoms with van der Waals surface area (Å²) in [7, 11) is 1.54. The summed E-state index contributed by atoms with van der Waals surface area (Å²) in [5, 5.41) is 3.48. The van der Waals surface area contributed by atoms with Gasteiger partial charge in [-0.05, 0) is 55.5 Å². The van der Waals surface area contributed by atoms with Crippen LogP contribution in [0.2, 0.25) is 5.02 Å². The Morgan fingerprint density at radius 2 is 1.96 bits per heavy atom. The maximum Gasteiger partial charge on any atom is 0.259 e. The van der Waals surface area contributed by atoms with E-state index < -0.39 is 0 Å². The standard InChI is InChI=1S/C17H18ClN3O2/c1-23-21-16-13-4-2-3-5-15(13)19-10-14(16)17(22)20-12-8-6-11(18)7-9-12/h6-10H,2-5H2,1H3,(H,19,21)(H,20,22). The van der Waals surface area contributed by atoms with E-state index in [2.05, 4.69) is 15.8 Å². The van der Waals surface area contributed by atoms with Crippen molar-refractivity contribution in [3.05, 3.63) is 52.3 Å². The van der Waals surface area contributed by atoms with Gasteiger partial charge >= 0.3 is 0 Å². The lowest BCUT2D eigenvalue weighted by Crippen LogP contribution is -2.19. The lowest BCUT2D eigenvalue weighted by molar-refractivity contribution is 0.102. The van der Waals surface area contributed by atoms with Crippen LogP contribution in [0, 0.1) is 0 Å². The lowest BCUT2D eigenvalue weighted by Gasteiger charge is -2.21. The summed E-state index contributed by atoms with van der Waals surface area (Å²) in [6, 6.07) is 6.98. The SMILES string of the molecule is CONc1c(C(=O)Nc2ccc(Cl)cc2)cnc2c1CCCC2. The van der Waals surface area contributed by atoms with E-state index >= 15 is 0 Å². The summed E-state index contributed by atoms with van der Waals surface area (Å²) >= 11 is 5.86. The fraction of sp³-hybridized carbons (Fsp3) is 0.294. The average Bonchev–Trinajstić information content (AvgIpc) is 2.57. The van der Waals surface area contributed by atoms with Crippen LogP contribution in [-0.4, -0.2) is 18.0 Å². The minimum Gasteiger partial charge on any atom is -0.322 e. The number of anilines is 2. The van der Waals surface area contributed by atoms with Crippen molar-refractivity contribution in [3.63, 3.8) is 0 Å². The molecule has 120 valence electrons. The van der Waals surface area contributed by atoms with Gasteiger partial charge in [-0.3, -0.25) is 20.1 Å². The van der Waals surface area contributed by atoms with E-state index in [1.165, 1.54) is 7.11 Å². The largest absolute Gasteiger partial charge is 0.322 e. The number of amides is 1. The van der Waals surface area contributed by atoms with E-state index in [0.29, 0.717) is 22.0 Å². The van der Waals surface area contributed by atoms with Gasteiger partial charge in [-0.25, -0.2) is 0 Å². The Hall–Kier alpha value is -2.11. The highest BCUT2D eigenvalue weighted by Gasteiger charge is 2.21. The molecule has 0 fully saturated rings. The van der Waals surface area contributed by atoms with Crippen molar-refractivity contribution >= 4 is 28.9 Å². The third-order valence-corrected chi connectivity index (χ3v) is 4.16. The fourth-order valence-corrected chi connectivity index (χ4v) is 2.92. The first-order valence-electron chi connectivity index (χ1n) is 7.55. The van der Waals surface area contributed by atoms with Crippen molar-refractivity contribution < 1.29 is 9.63 Å². The van der Waals surface area contributed by atoms with Crippen LogP contribution in [0.25, 0.3) is 0 Å². The van der Waals surface area contributed by atoms with Crippen LogP contribution >= 0.6 is 11.6 Å². The van der Waals surface area contributed by atoms with Gasteiger partial charge in [0.05, 0.1) is 18.4 Å². The Morgan fingerprint density at radius 1 is 1.22 bits per heavy atom. The first-order valence-corrected chi connectivity index (χ1v) is 7.93. The molecule has 0 spiro atoms. The van der Waals surface area contributed by atoms with Crippen molar-refractivity contribution in [1.82, 2.24) is 4.98 Å². The number of fused-ring (bicyclic) bond motifs is 1. The molecule has 3 rings (SSSR count). The van der Waals surface area contributed by atoms with E-state index in [1.54, 1.807) is 30.5 Å². The normalized spacial score (nSPS) is 13.3. The van der Waals surface area contributed by atoms with Crippen molar-refractivity contribution in [1.29, 1.82) is 0 Å². The van der Waals surface area contributed by atoms with E-state index in [4.69, 9.17) is 16.4 Å². The van der Waals surface area contributed by atoms with Crippen LogP contribution < -0.4 is 10.8 Å². The first-order chi connectivity index (χ1) is 11.2. The first kappa shape index (κ1) is 15.8. The molecule has 1 aliphatic rings. The van der Waals surface area contributed by atoms with Crippen LogP contribution in [0.1, 0.15) is 34.5 Å². The predicted molar refractivity (Wildman–Crippen MR) is 90.9 cm³/mol. The average molecular weight is 332 g/mol. The van der Waals surface area contributed by atoms with Gasteiger partial charge in [-0.15, -0.1) is 0 Å². The molecule has 0 saturated heterocycles. The van der Waals surface area contributed by atoms with Gasteiger partial charge in [-0.2, -0.15) is 0 Å². The number of carbonyl (C=O) groups is 1. The van der Waals surface area contributed by atoms with Crippen molar-refractivity contribution in [2.24, 2.45) is 0 Å². The van der Waals surface area contributed by atoms with E-state index in [1.807, 2.05) is 0 Å². The number of nitrogens with zero attached hydrogens (tertiary/aromatic N) is 1. The number of halogens is 1. The molecular formula is C17H18ClN3O2. The van der Waals surface area contributed by atoms with Crippen LogP contribution in [0.15, 0.2) is 30.5 Å². The van der Waals surface area contributed by atoms with Crippen LogP contribution in [0.5, 0.6) is 0 Å². The summed E-state index contributed by atoms with van der Waals surface area (Å²) in [6.07, 6.45) is 5.66. The lowest BCUT2D eigenvalue weighted by atomic mass is 9.93. The van der Waals surface area contributed by atoms with Crippen molar-refractivity contribution in [2.45, 2.75) is 25.7 Å². The van der Waals surface area contributed by atoms with E-state index in [-0.39, 0.29) is 5.91 Å². The number of hydrogen-bond donors (Lipinski definition) is 2.